The van der Waals surface area contributed by atoms with Gasteiger partial charge < -0.3 is 19.3 Å². The lowest BCUT2D eigenvalue weighted by Gasteiger charge is -2.45. The average molecular weight is 891 g/mol. The van der Waals surface area contributed by atoms with Gasteiger partial charge in [-0.2, -0.15) is 0 Å². The SMILES string of the molecule is CCC1(N(CCO[Si](c2ccccc2)(c2ccccc2)C(C)(C)C)C(=O)c2ccccc2CCC(=O)Cc2ccc(C)cc2C(=O)N(CCO)C2(c3ccccc3)CCCC2)CCCC1. The van der Waals surface area contributed by atoms with Crippen molar-refractivity contribution in [3.8, 4) is 0 Å². The lowest BCUT2D eigenvalue weighted by atomic mass is 9.85. The molecule has 2 saturated carbocycles. The van der Waals surface area contributed by atoms with E-state index < -0.39 is 13.9 Å². The predicted molar refractivity (Wildman–Crippen MR) is 265 cm³/mol. The van der Waals surface area contributed by atoms with Crippen LogP contribution in [0.15, 0.2) is 133 Å². The van der Waals surface area contributed by atoms with Gasteiger partial charge in [-0.1, -0.05) is 180 Å². The molecular weight excluding hydrogens is 821 g/mol. The van der Waals surface area contributed by atoms with Gasteiger partial charge in [-0.3, -0.25) is 14.4 Å². The molecule has 5 aromatic rings. The standard InChI is InChI=1S/C57H70N2O5Si/c1-6-56(34-18-19-35-56)58(39-41-64-65(55(3,4)5,49-25-12-8-13-26-49)50-27-14-9-15-28-50)53(62)51-29-17-16-22-45(51)32-33-48(61)43-46-31-30-44(2)42-52(46)54(63)59(38-40-60)57(36-20-21-37-57)47-23-10-7-11-24-47/h7-17,22-31,42,60H,6,18-21,32-41,43H2,1-5H3. The van der Waals surface area contributed by atoms with Crippen LogP contribution >= 0.6 is 0 Å². The molecule has 2 amide bonds. The number of ketones is 1. The molecule has 0 bridgehead atoms. The fourth-order valence-electron chi connectivity index (χ4n) is 11.3. The molecule has 0 unspecified atom stereocenters. The van der Waals surface area contributed by atoms with E-state index in [2.05, 4.69) is 105 Å². The molecule has 0 spiro atoms. The van der Waals surface area contributed by atoms with Crippen molar-refractivity contribution in [3.05, 3.63) is 167 Å². The second-order valence-corrected chi connectivity index (χ2v) is 23.9. The number of Topliss-reactive ketones (excluding diaryl/α,β-unsaturated/α-hetero) is 1. The van der Waals surface area contributed by atoms with Crippen molar-refractivity contribution in [1.29, 1.82) is 0 Å². The van der Waals surface area contributed by atoms with E-state index >= 15 is 4.79 Å². The number of aryl methyl sites for hydroxylation is 2. The summed E-state index contributed by atoms with van der Waals surface area (Å²) in [5.74, 6) is -0.144. The van der Waals surface area contributed by atoms with E-state index in [-0.39, 0.29) is 54.2 Å². The minimum atomic E-state index is -2.83. The Kier molecular flexibility index (Phi) is 15.4. The number of carbonyl (C=O) groups excluding carboxylic acids is 3. The molecule has 2 aliphatic carbocycles. The number of amides is 2. The Morgan fingerprint density at radius 3 is 1.80 bits per heavy atom. The van der Waals surface area contributed by atoms with Crippen molar-refractivity contribution in [2.24, 2.45) is 0 Å². The minimum absolute atomic E-state index is 0.00232. The Hall–Kier alpha value is -5.15. The Bertz CT molecular complexity index is 2330. The first-order chi connectivity index (χ1) is 31.4. The second-order valence-electron chi connectivity index (χ2n) is 19.6. The number of hydrogen-bond acceptors (Lipinski definition) is 5. The molecule has 7 nitrogen and oxygen atoms in total. The van der Waals surface area contributed by atoms with Crippen LogP contribution in [0.2, 0.25) is 5.04 Å². The van der Waals surface area contributed by atoms with Gasteiger partial charge in [0.25, 0.3) is 20.1 Å². The van der Waals surface area contributed by atoms with Crippen LogP contribution in [0, 0.1) is 6.92 Å². The highest BCUT2D eigenvalue weighted by Crippen LogP contribution is 2.45. The van der Waals surface area contributed by atoms with Crippen molar-refractivity contribution in [1.82, 2.24) is 9.80 Å². The summed E-state index contributed by atoms with van der Waals surface area (Å²) < 4.78 is 7.38. The Morgan fingerprint density at radius 1 is 0.662 bits per heavy atom. The molecule has 8 heteroatoms. The molecule has 65 heavy (non-hydrogen) atoms. The Balaban J connectivity index is 1.12. The number of benzene rings is 5. The van der Waals surface area contributed by atoms with E-state index in [1.54, 1.807) is 0 Å². The zero-order valence-corrected chi connectivity index (χ0v) is 40.5. The van der Waals surface area contributed by atoms with Gasteiger partial charge in [0.05, 0.1) is 18.8 Å². The molecule has 0 saturated heterocycles. The van der Waals surface area contributed by atoms with Gasteiger partial charge in [0, 0.05) is 42.6 Å². The molecule has 342 valence electrons. The molecular formula is C57H70N2O5Si. The minimum Gasteiger partial charge on any atom is -0.406 e. The zero-order valence-electron chi connectivity index (χ0n) is 39.5. The fraction of sp³-hybridized carbons (Fsp3) is 0.421. The second kappa shape index (κ2) is 21.0. The summed E-state index contributed by atoms with van der Waals surface area (Å²) in [6.45, 7) is 12.0. The van der Waals surface area contributed by atoms with Crippen LogP contribution < -0.4 is 10.4 Å². The normalized spacial score (nSPS) is 15.7. The molecule has 2 aliphatic rings. The maximum Gasteiger partial charge on any atom is 0.261 e. The quantitative estimate of drug-likeness (QED) is 0.0835. The summed E-state index contributed by atoms with van der Waals surface area (Å²) >= 11 is 0. The van der Waals surface area contributed by atoms with Crippen LogP contribution in [-0.4, -0.2) is 72.7 Å². The fourth-order valence-corrected chi connectivity index (χ4v) is 15.9. The van der Waals surface area contributed by atoms with Crippen LogP contribution in [0.4, 0.5) is 0 Å². The number of rotatable bonds is 19. The van der Waals surface area contributed by atoms with Gasteiger partial charge in [-0.05, 0) is 89.7 Å². The molecule has 0 heterocycles. The summed E-state index contributed by atoms with van der Waals surface area (Å²) in [6.07, 6.45) is 9.33. The third-order valence-corrected chi connectivity index (χ3v) is 19.7. The molecule has 0 aromatic heterocycles. The highest BCUT2D eigenvalue weighted by molar-refractivity contribution is 6.99. The highest BCUT2D eigenvalue weighted by Gasteiger charge is 2.51. The third kappa shape index (κ3) is 10.0. The monoisotopic (exact) mass is 891 g/mol. The highest BCUT2D eigenvalue weighted by atomic mass is 28.4. The topological polar surface area (TPSA) is 87.2 Å². The summed E-state index contributed by atoms with van der Waals surface area (Å²) in [5, 5.41) is 12.5. The number of aliphatic hydroxyl groups is 1. The predicted octanol–water partition coefficient (Wildman–Crippen LogP) is 10.4. The zero-order chi connectivity index (χ0) is 46.1. The molecule has 1 N–H and O–H groups in total. The maximum atomic E-state index is 15.2. The van der Waals surface area contributed by atoms with Crippen LogP contribution in [0.5, 0.6) is 0 Å². The van der Waals surface area contributed by atoms with Crippen LogP contribution in [0.25, 0.3) is 0 Å². The average Bonchev–Trinajstić information content (AvgIpc) is 4.03. The summed E-state index contributed by atoms with van der Waals surface area (Å²) in [4.78, 5) is 48.0. The van der Waals surface area contributed by atoms with Crippen LogP contribution in [0.1, 0.15) is 135 Å². The molecule has 0 atom stereocenters. The smallest absolute Gasteiger partial charge is 0.261 e. The Labute approximate surface area is 389 Å². The summed E-state index contributed by atoms with van der Waals surface area (Å²) in [6, 6.07) is 45.1. The molecule has 0 aliphatic heterocycles. The molecule has 7 rings (SSSR count). The molecule has 2 fully saturated rings. The van der Waals surface area contributed by atoms with E-state index in [0.29, 0.717) is 36.3 Å². The van der Waals surface area contributed by atoms with E-state index in [1.165, 1.54) is 10.4 Å². The van der Waals surface area contributed by atoms with Crippen molar-refractivity contribution in [2.45, 2.75) is 128 Å². The lowest BCUT2D eigenvalue weighted by molar-refractivity contribution is -0.118. The van der Waals surface area contributed by atoms with Crippen molar-refractivity contribution < 1.29 is 23.9 Å². The molecule has 0 radical (unpaired) electrons. The summed E-state index contributed by atoms with van der Waals surface area (Å²) in [7, 11) is -2.83. The third-order valence-electron chi connectivity index (χ3n) is 14.7. The first kappa shape index (κ1) is 47.8. The van der Waals surface area contributed by atoms with E-state index in [0.717, 1.165) is 74.5 Å². The number of nitrogens with zero attached hydrogens (tertiary/aromatic N) is 2. The van der Waals surface area contributed by atoms with Gasteiger partial charge in [0.1, 0.15) is 5.78 Å². The largest absolute Gasteiger partial charge is 0.406 e. The van der Waals surface area contributed by atoms with E-state index in [1.807, 2.05) is 72.5 Å². The summed E-state index contributed by atoms with van der Waals surface area (Å²) in [5.41, 5.74) is 3.94. The van der Waals surface area contributed by atoms with Gasteiger partial charge in [-0.25, -0.2) is 0 Å². The van der Waals surface area contributed by atoms with E-state index in [9.17, 15) is 14.7 Å². The molecule has 5 aromatic carbocycles. The first-order valence-electron chi connectivity index (χ1n) is 24.1. The lowest BCUT2D eigenvalue weighted by Crippen LogP contribution is -2.67. The van der Waals surface area contributed by atoms with Crippen molar-refractivity contribution >= 4 is 36.3 Å². The number of carbonyl (C=O) groups is 3. The number of hydrogen-bond donors (Lipinski definition) is 1. The van der Waals surface area contributed by atoms with Gasteiger partial charge in [-0.15, -0.1) is 0 Å². The van der Waals surface area contributed by atoms with Gasteiger partial charge in [0.2, 0.25) is 0 Å². The van der Waals surface area contributed by atoms with Crippen LogP contribution in [0.3, 0.4) is 0 Å². The van der Waals surface area contributed by atoms with Crippen molar-refractivity contribution in [3.63, 3.8) is 0 Å². The van der Waals surface area contributed by atoms with E-state index in [4.69, 9.17) is 4.43 Å². The number of aliphatic hydroxyl groups excluding tert-OH is 1. The van der Waals surface area contributed by atoms with Crippen LogP contribution in [-0.2, 0) is 27.6 Å². The Morgan fingerprint density at radius 2 is 1.22 bits per heavy atom. The first-order valence-corrected chi connectivity index (χ1v) is 26.0. The maximum absolute atomic E-state index is 15.2. The van der Waals surface area contributed by atoms with Gasteiger partial charge in [0.15, 0.2) is 0 Å². The van der Waals surface area contributed by atoms with Gasteiger partial charge >= 0.3 is 0 Å². The van der Waals surface area contributed by atoms with Crippen molar-refractivity contribution in [2.75, 3.05) is 26.3 Å².